The van der Waals surface area contributed by atoms with Crippen LogP contribution >= 0.6 is 11.6 Å². The van der Waals surface area contributed by atoms with Gasteiger partial charge in [-0.2, -0.15) is 4.98 Å². The average Bonchev–Trinajstić information content (AvgIpc) is 2.35. The molecule has 4 heteroatoms. The van der Waals surface area contributed by atoms with Crippen molar-refractivity contribution in [2.45, 2.75) is 33.6 Å². The van der Waals surface area contributed by atoms with Crippen molar-refractivity contribution in [2.75, 3.05) is 24.3 Å². The molecule has 0 fully saturated rings. The number of nitrogens with one attached hydrogen (secondary N) is 1. The van der Waals surface area contributed by atoms with Crippen molar-refractivity contribution in [3.05, 3.63) is 18.2 Å². The number of hydrogen-bond acceptors (Lipinski definition) is 3. The van der Waals surface area contributed by atoms with Gasteiger partial charge in [-0.15, -0.1) is 11.6 Å². The van der Waals surface area contributed by atoms with Crippen LogP contribution in [0.25, 0.3) is 0 Å². The molecule has 0 bridgehead atoms. The van der Waals surface area contributed by atoms with E-state index in [0.717, 1.165) is 31.1 Å². The van der Waals surface area contributed by atoms with E-state index < -0.39 is 0 Å². The molecule has 18 heavy (non-hydrogen) atoms. The molecule has 0 radical (unpaired) electrons. The maximum atomic E-state index is 5.73. The van der Waals surface area contributed by atoms with Crippen molar-refractivity contribution in [2.24, 2.45) is 5.41 Å². The lowest BCUT2D eigenvalue weighted by atomic mass is 9.88. The number of pyridine rings is 1. The van der Waals surface area contributed by atoms with E-state index in [1.54, 1.807) is 0 Å². The van der Waals surface area contributed by atoms with Crippen molar-refractivity contribution in [3.63, 3.8) is 0 Å². The Morgan fingerprint density at radius 1 is 1.39 bits per heavy atom. The molecular weight excluding hydrogens is 248 g/mol. The van der Waals surface area contributed by atoms with Crippen LogP contribution < -0.4 is 10.1 Å². The lowest BCUT2D eigenvalue weighted by molar-refractivity contribution is 0.326. The van der Waals surface area contributed by atoms with Gasteiger partial charge in [0.05, 0.1) is 6.61 Å². The highest BCUT2D eigenvalue weighted by atomic mass is 35.5. The maximum absolute atomic E-state index is 5.73. The number of anilines is 1. The lowest BCUT2D eigenvalue weighted by Gasteiger charge is -2.25. The maximum Gasteiger partial charge on any atom is 0.215 e. The van der Waals surface area contributed by atoms with Crippen LogP contribution in [0.2, 0.25) is 0 Å². The topological polar surface area (TPSA) is 34.1 Å². The number of ether oxygens (including phenoxy) is 1. The molecule has 0 aromatic carbocycles. The first-order valence-corrected chi connectivity index (χ1v) is 7.00. The Hall–Kier alpha value is -0.960. The minimum Gasteiger partial charge on any atom is -0.478 e. The van der Waals surface area contributed by atoms with E-state index >= 15 is 0 Å². The first kappa shape index (κ1) is 15.1. The average molecular weight is 271 g/mol. The van der Waals surface area contributed by atoms with Crippen molar-refractivity contribution in [1.29, 1.82) is 0 Å². The Labute approximate surface area is 115 Å². The third kappa shape index (κ3) is 5.58. The van der Waals surface area contributed by atoms with Gasteiger partial charge in [0.15, 0.2) is 0 Å². The largest absolute Gasteiger partial charge is 0.478 e. The molecule has 1 N–H and O–H groups in total. The number of aromatic nitrogens is 1. The number of alkyl halides is 1. The van der Waals surface area contributed by atoms with Crippen LogP contribution in [-0.2, 0) is 0 Å². The van der Waals surface area contributed by atoms with E-state index in [9.17, 15) is 0 Å². The Morgan fingerprint density at radius 2 is 2.17 bits per heavy atom. The van der Waals surface area contributed by atoms with Gasteiger partial charge >= 0.3 is 0 Å². The summed E-state index contributed by atoms with van der Waals surface area (Å²) in [5.41, 5.74) is 0.220. The Morgan fingerprint density at radius 3 is 2.83 bits per heavy atom. The molecule has 3 nitrogen and oxygen atoms in total. The zero-order valence-corrected chi connectivity index (χ0v) is 12.3. The van der Waals surface area contributed by atoms with Crippen molar-refractivity contribution in [1.82, 2.24) is 4.98 Å². The summed E-state index contributed by atoms with van der Waals surface area (Å²) in [5.74, 6) is 2.25. The number of rotatable bonds is 8. The second-order valence-corrected chi connectivity index (χ2v) is 5.48. The predicted molar refractivity (Wildman–Crippen MR) is 77.6 cm³/mol. The third-order valence-corrected chi connectivity index (χ3v) is 3.02. The molecular formula is C14H23ClN2O. The van der Waals surface area contributed by atoms with Gasteiger partial charge in [-0.1, -0.05) is 19.9 Å². The van der Waals surface area contributed by atoms with Gasteiger partial charge in [0.1, 0.15) is 5.82 Å². The zero-order valence-electron chi connectivity index (χ0n) is 11.5. The van der Waals surface area contributed by atoms with Crippen LogP contribution in [0.4, 0.5) is 5.82 Å². The highest BCUT2D eigenvalue weighted by molar-refractivity contribution is 6.17. The number of halogens is 1. The van der Waals surface area contributed by atoms with Crippen LogP contribution in [0.1, 0.15) is 33.6 Å². The summed E-state index contributed by atoms with van der Waals surface area (Å²) < 4.78 is 5.37. The van der Waals surface area contributed by atoms with Crippen LogP contribution in [0.5, 0.6) is 5.88 Å². The summed E-state index contributed by atoms with van der Waals surface area (Å²) in [5, 5.41) is 3.36. The van der Waals surface area contributed by atoms with Gasteiger partial charge in [0.2, 0.25) is 5.88 Å². The van der Waals surface area contributed by atoms with E-state index in [1.165, 1.54) is 0 Å². The molecule has 0 atom stereocenters. The first-order valence-electron chi connectivity index (χ1n) is 6.47. The number of nitrogens with zero attached hydrogens (tertiary/aromatic N) is 1. The Balaban J connectivity index is 2.49. The highest BCUT2D eigenvalue weighted by Gasteiger charge is 2.17. The molecule has 0 spiro atoms. The molecule has 1 rings (SSSR count). The molecule has 0 amide bonds. The predicted octanol–water partition coefficient (Wildman–Crippen LogP) is 3.94. The smallest absolute Gasteiger partial charge is 0.215 e. The van der Waals surface area contributed by atoms with E-state index in [0.29, 0.717) is 12.5 Å². The van der Waals surface area contributed by atoms with E-state index in [4.69, 9.17) is 16.3 Å². The molecule has 102 valence electrons. The fourth-order valence-electron chi connectivity index (χ4n) is 1.71. The summed E-state index contributed by atoms with van der Waals surface area (Å²) in [6.45, 7) is 7.94. The Kier molecular flexibility index (Phi) is 6.27. The van der Waals surface area contributed by atoms with E-state index in [2.05, 4.69) is 24.1 Å². The fourth-order valence-corrected chi connectivity index (χ4v) is 1.84. The van der Waals surface area contributed by atoms with Crippen molar-refractivity contribution in [3.8, 4) is 5.88 Å². The zero-order chi connectivity index (χ0) is 13.4. The van der Waals surface area contributed by atoms with Gasteiger partial charge in [-0.25, -0.2) is 0 Å². The molecule has 0 aliphatic rings. The highest BCUT2D eigenvalue weighted by Crippen LogP contribution is 2.23. The van der Waals surface area contributed by atoms with E-state index in [1.807, 2.05) is 25.1 Å². The van der Waals surface area contributed by atoms with Gasteiger partial charge in [0, 0.05) is 18.5 Å². The lowest BCUT2D eigenvalue weighted by Crippen LogP contribution is -2.23. The summed E-state index contributed by atoms with van der Waals surface area (Å²) in [6, 6.07) is 5.78. The van der Waals surface area contributed by atoms with Crippen molar-refractivity contribution >= 4 is 17.4 Å². The first-order chi connectivity index (χ1) is 8.57. The Bertz CT molecular complexity index is 355. The summed E-state index contributed by atoms with van der Waals surface area (Å²) in [6.07, 6.45) is 2.15. The molecule has 0 aliphatic carbocycles. The molecule has 1 aromatic rings. The second-order valence-electron chi connectivity index (χ2n) is 5.10. The quantitative estimate of drug-likeness (QED) is 0.727. The summed E-state index contributed by atoms with van der Waals surface area (Å²) >= 11 is 5.73. The third-order valence-electron chi connectivity index (χ3n) is 2.75. The second kappa shape index (κ2) is 7.47. The summed E-state index contributed by atoms with van der Waals surface area (Å²) in [7, 11) is 0. The molecule has 0 saturated carbocycles. The molecule has 1 heterocycles. The van der Waals surface area contributed by atoms with Crippen molar-refractivity contribution < 1.29 is 4.74 Å². The molecule has 1 aromatic heterocycles. The van der Waals surface area contributed by atoms with Crippen LogP contribution in [0.3, 0.4) is 0 Å². The van der Waals surface area contributed by atoms with Crippen LogP contribution in [0, 0.1) is 5.41 Å². The van der Waals surface area contributed by atoms with Gasteiger partial charge < -0.3 is 10.1 Å². The van der Waals surface area contributed by atoms with Gasteiger partial charge in [-0.3, -0.25) is 0 Å². The molecule has 0 saturated heterocycles. The van der Waals surface area contributed by atoms with Gasteiger partial charge in [-0.05, 0) is 31.2 Å². The van der Waals surface area contributed by atoms with Crippen LogP contribution in [-0.4, -0.2) is 24.0 Å². The van der Waals surface area contributed by atoms with Crippen LogP contribution in [0.15, 0.2) is 18.2 Å². The van der Waals surface area contributed by atoms with Gasteiger partial charge in [0.25, 0.3) is 0 Å². The van der Waals surface area contributed by atoms with E-state index in [-0.39, 0.29) is 5.41 Å². The summed E-state index contributed by atoms with van der Waals surface area (Å²) in [4.78, 5) is 4.39. The standard InChI is InChI=1S/C14H23ClN2O/c1-4-18-13-8-5-7-12(17-13)16-11-14(2,3)9-6-10-15/h5,7-8H,4,6,9-11H2,1-3H3,(H,16,17). The molecule has 0 unspecified atom stereocenters. The minimum absolute atomic E-state index is 0.220. The normalized spacial score (nSPS) is 11.3. The minimum atomic E-state index is 0.220. The number of hydrogen-bond donors (Lipinski definition) is 1. The fraction of sp³-hybridized carbons (Fsp3) is 0.643. The monoisotopic (exact) mass is 270 g/mol. The molecule has 0 aliphatic heterocycles. The SMILES string of the molecule is CCOc1cccc(NCC(C)(C)CCCCl)n1.